The van der Waals surface area contributed by atoms with Crippen LogP contribution in [0.1, 0.15) is 26.3 Å². The van der Waals surface area contributed by atoms with Gasteiger partial charge in [-0.25, -0.2) is 0 Å². The summed E-state index contributed by atoms with van der Waals surface area (Å²) in [4.78, 5) is 33.8. The molecule has 1 aliphatic rings. The van der Waals surface area contributed by atoms with E-state index in [0.29, 0.717) is 11.1 Å². The van der Waals surface area contributed by atoms with Crippen LogP contribution in [0.2, 0.25) is 0 Å². The van der Waals surface area contributed by atoms with Crippen molar-refractivity contribution < 1.29 is 22.8 Å². The first kappa shape index (κ1) is 21.9. The number of carbonyl (C=O) groups is 2. The summed E-state index contributed by atoms with van der Waals surface area (Å²) in [6.45, 7) is 1.04. The van der Waals surface area contributed by atoms with E-state index in [1.807, 2.05) is 42.5 Å². The zero-order valence-electron chi connectivity index (χ0n) is 18.0. The van der Waals surface area contributed by atoms with E-state index in [0.717, 1.165) is 28.3 Å². The number of pyridine rings is 1. The third kappa shape index (κ3) is 3.96. The highest BCUT2D eigenvalue weighted by molar-refractivity contribution is 6.15. The molecule has 0 radical (unpaired) electrons. The van der Waals surface area contributed by atoms with Gasteiger partial charge in [0.1, 0.15) is 0 Å². The smallest absolute Gasteiger partial charge is 0.335 e. The fourth-order valence-corrected chi connectivity index (χ4v) is 4.39. The highest BCUT2D eigenvalue weighted by Crippen LogP contribution is 2.30. The second-order valence-electron chi connectivity index (χ2n) is 8.21. The molecule has 1 fully saturated rings. The lowest BCUT2D eigenvalue weighted by Crippen LogP contribution is -2.50. The van der Waals surface area contributed by atoms with E-state index in [9.17, 15) is 22.8 Å². The summed E-state index contributed by atoms with van der Waals surface area (Å²) in [5, 5.41) is 2.84. The Hall–Kier alpha value is -3.94. The average molecular weight is 463 g/mol. The van der Waals surface area contributed by atoms with Gasteiger partial charge >= 0.3 is 6.18 Å². The Morgan fingerprint density at radius 1 is 0.765 bits per heavy atom. The topological polar surface area (TPSA) is 53.5 Å². The quantitative estimate of drug-likeness (QED) is 0.393. The number of carbonyl (C=O) groups excluding carboxylic acids is 2. The first-order valence-electron chi connectivity index (χ1n) is 10.9. The largest absolute Gasteiger partial charge is 0.416 e. The Morgan fingerprint density at radius 2 is 1.44 bits per heavy atom. The average Bonchev–Trinajstić information content (AvgIpc) is 2.87. The van der Waals surface area contributed by atoms with Crippen molar-refractivity contribution in [1.29, 1.82) is 0 Å². The number of benzene rings is 3. The lowest BCUT2D eigenvalue weighted by molar-refractivity contribution is -0.137. The molecular weight excluding hydrogens is 443 g/mol. The van der Waals surface area contributed by atoms with Gasteiger partial charge in [-0.3, -0.25) is 14.6 Å². The predicted molar refractivity (Wildman–Crippen MR) is 123 cm³/mol. The molecule has 5 rings (SSSR count). The van der Waals surface area contributed by atoms with Gasteiger partial charge < -0.3 is 9.80 Å². The fourth-order valence-electron chi connectivity index (χ4n) is 4.39. The van der Waals surface area contributed by atoms with E-state index in [4.69, 9.17) is 0 Å². The summed E-state index contributed by atoms with van der Waals surface area (Å²) in [5.74, 6) is -0.656. The number of rotatable bonds is 2. The van der Waals surface area contributed by atoms with Gasteiger partial charge in [0.15, 0.2) is 0 Å². The van der Waals surface area contributed by atoms with E-state index >= 15 is 0 Å². The predicted octanol–water partition coefficient (Wildman–Crippen LogP) is 5.01. The second kappa shape index (κ2) is 8.44. The third-order valence-corrected chi connectivity index (χ3v) is 6.13. The first-order chi connectivity index (χ1) is 16.3. The molecule has 0 unspecified atom stereocenters. The molecule has 1 aliphatic heterocycles. The number of amides is 2. The van der Waals surface area contributed by atoms with E-state index < -0.39 is 17.6 Å². The van der Waals surface area contributed by atoms with E-state index in [1.165, 1.54) is 17.0 Å². The molecule has 2 amide bonds. The van der Waals surface area contributed by atoms with Crippen molar-refractivity contribution in [1.82, 2.24) is 14.8 Å². The van der Waals surface area contributed by atoms with Crippen molar-refractivity contribution >= 4 is 33.5 Å². The molecule has 0 spiro atoms. The van der Waals surface area contributed by atoms with Crippen LogP contribution in [0.4, 0.5) is 13.2 Å². The van der Waals surface area contributed by atoms with Crippen molar-refractivity contribution in [2.75, 3.05) is 26.2 Å². The SMILES string of the molecule is O=C(c1cccc(C(F)(F)F)c1)N1CCN(C(=O)c2cc3ccccc3c3cccnc23)CC1. The van der Waals surface area contributed by atoms with Crippen LogP contribution in [0.25, 0.3) is 21.7 Å². The Labute approximate surface area is 193 Å². The number of halogens is 3. The Morgan fingerprint density at radius 3 is 2.18 bits per heavy atom. The Kier molecular flexibility index (Phi) is 5.43. The van der Waals surface area contributed by atoms with Gasteiger partial charge in [0.2, 0.25) is 0 Å². The molecule has 34 heavy (non-hydrogen) atoms. The van der Waals surface area contributed by atoms with Crippen molar-refractivity contribution in [3.8, 4) is 0 Å². The molecule has 4 aromatic rings. The number of fused-ring (bicyclic) bond motifs is 3. The van der Waals surface area contributed by atoms with Crippen LogP contribution in [0.3, 0.4) is 0 Å². The van der Waals surface area contributed by atoms with Crippen molar-refractivity contribution in [2.45, 2.75) is 6.18 Å². The molecule has 2 heterocycles. The summed E-state index contributed by atoms with van der Waals surface area (Å²) >= 11 is 0. The van der Waals surface area contributed by atoms with Crippen LogP contribution < -0.4 is 0 Å². The number of aromatic nitrogens is 1. The summed E-state index contributed by atoms with van der Waals surface area (Å²) in [6.07, 6.45) is -2.86. The van der Waals surface area contributed by atoms with Gasteiger partial charge in [-0.15, -0.1) is 0 Å². The van der Waals surface area contributed by atoms with Crippen LogP contribution in [-0.4, -0.2) is 52.8 Å². The van der Waals surface area contributed by atoms with Crippen LogP contribution in [-0.2, 0) is 6.18 Å². The highest BCUT2D eigenvalue weighted by atomic mass is 19.4. The second-order valence-corrected chi connectivity index (χ2v) is 8.21. The van der Waals surface area contributed by atoms with Gasteiger partial charge in [0, 0.05) is 43.3 Å². The maximum absolute atomic E-state index is 13.4. The molecule has 8 heteroatoms. The number of nitrogens with zero attached hydrogens (tertiary/aromatic N) is 3. The number of hydrogen-bond acceptors (Lipinski definition) is 3. The van der Waals surface area contributed by atoms with Crippen LogP contribution in [0.5, 0.6) is 0 Å². The first-order valence-corrected chi connectivity index (χ1v) is 10.9. The lowest BCUT2D eigenvalue weighted by atomic mass is 10.00. The lowest BCUT2D eigenvalue weighted by Gasteiger charge is -2.35. The molecule has 1 saturated heterocycles. The van der Waals surface area contributed by atoms with Gasteiger partial charge in [-0.2, -0.15) is 13.2 Å². The minimum atomic E-state index is -4.52. The maximum Gasteiger partial charge on any atom is 0.416 e. The van der Waals surface area contributed by atoms with Crippen LogP contribution in [0.15, 0.2) is 72.9 Å². The molecule has 5 nitrogen and oxygen atoms in total. The molecule has 172 valence electrons. The van der Waals surface area contributed by atoms with Crippen LogP contribution >= 0.6 is 0 Å². The van der Waals surface area contributed by atoms with E-state index in [1.54, 1.807) is 11.1 Å². The minimum absolute atomic E-state index is 0.0145. The molecular formula is C26H20F3N3O2. The van der Waals surface area contributed by atoms with Crippen LogP contribution in [0, 0.1) is 0 Å². The Bertz CT molecular complexity index is 1410. The number of alkyl halides is 3. The van der Waals surface area contributed by atoms with Gasteiger partial charge in [-0.05, 0) is 41.1 Å². The standard InChI is InChI=1S/C26H20F3N3O2/c27-26(28,29)19-7-3-6-18(15-19)24(33)31-11-13-32(14-12-31)25(34)22-16-17-5-1-2-8-20(17)21-9-4-10-30-23(21)22/h1-10,15-16H,11-14H2. The maximum atomic E-state index is 13.4. The van der Waals surface area contributed by atoms with Gasteiger partial charge in [0.25, 0.3) is 11.8 Å². The van der Waals surface area contributed by atoms with Gasteiger partial charge in [-0.1, -0.05) is 36.4 Å². The minimum Gasteiger partial charge on any atom is -0.335 e. The Balaban J connectivity index is 1.36. The zero-order chi connectivity index (χ0) is 23.9. The van der Waals surface area contributed by atoms with Crippen molar-refractivity contribution in [3.63, 3.8) is 0 Å². The van der Waals surface area contributed by atoms with E-state index in [-0.39, 0.29) is 37.6 Å². The molecule has 3 aromatic carbocycles. The number of piperazine rings is 1. The molecule has 0 aliphatic carbocycles. The zero-order valence-corrected chi connectivity index (χ0v) is 18.0. The normalized spacial score (nSPS) is 14.6. The fraction of sp³-hybridized carbons (Fsp3) is 0.192. The highest BCUT2D eigenvalue weighted by Gasteiger charge is 2.32. The third-order valence-electron chi connectivity index (χ3n) is 6.13. The number of hydrogen-bond donors (Lipinski definition) is 0. The molecule has 0 bridgehead atoms. The summed E-state index contributed by atoms with van der Waals surface area (Å²) in [6, 6.07) is 17.8. The van der Waals surface area contributed by atoms with Gasteiger partial charge in [0.05, 0.1) is 16.6 Å². The van der Waals surface area contributed by atoms with Crippen molar-refractivity contribution in [2.24, 2.45) is 0 Å². The molecule has 0 N–H and O–H groups in total. The molecule has 1 aromatic heterocycles. The summed E-state index contributed by atoms with van der Waals surface area (Å²) < 4.78 is 39.0. The van der Waals surface area contributed by atoms with E-state index in [2.05, 4.69) is 4.98 Å². The molecule has 0 atom stereocenters. The summed E-state index contributed by atoms with van der Waals surface area (Å²) in [7, 11) is 0. The summed E-state index contributed by atoms with van der Waals surface area (Å²) in [5.41, 5.74) is 0.239. The van der Waals surface area contributed by atoms with Crippen molar-refractivity contribution in [3.05, 3.63) is 89.6 Å². The molecule has 0 saturated carbocycles. The monoisotopic (exact) mass is 463 g/mol.